The Hall–Kier alpha value is -2.29. The van der Waals surface area contributed by atoms with Crippen molar-refractivity contribution in [3.63, 3.8) is 0 Å². The summed E-state index contributed by atoms with van der Waals surface area (Å²) in [5.41, 5.74) is 2.06. The molecule has 0 unspecified atom stereocenters. The molecule has 0 N–H and O–H groups in total. The number of ether oxygens (including phenoxy) is 2. The summed E-state index contributed by atoms with van der Waals surface area (Å²) in [6, 6.07) is 8.79. The summed E-state index contributed by atoms with van der Waals surface area (Å²) in [6.07, 6.45) is 0. The Bertz CT molecular complexity index is 853. The highest BCUT2D eigenvalue weighted by Crippen LogP contribution is 2.41. The van der Waals surface area contributed by atoms with Crippen molar-refractivity contribution in [3.8, 4) is 11.5 Å². The SMILES string of the molecule is COc1c(C)cc(OC)c2c(C)c3ccc(F)cc3cc12. The molecular formula is C18H17FO2. The molecule has 0 radical (unpaired) electrons. The predicted molar refractivity (Wildman–Crippen MR) is 84.0 cm³/mol. The molecule has 3 heteroatoms. The summed E-state index contributed by atoms with van der Waals surface area (Å²) in [5.74, 6) is 1.38. The van der Waals surface area contributed by atoms with Gasteiger partial charge in [0.1, 0.15) is 17.3 Å². The maximum absolute atomic E-state index is 13.5. The number of halogens is 1. The molecule has 3 aromatic carbocycles. The van der Waals surface area contributed by atoms with Crippen molar-refractivity contribution in [2.75, 3.05) is 14.2 Å². The molecule has 21 heavy (non-hydrogen) atoms. The van der Waals surface area contributed by atoms with E-state index in [-0.39, 0.29) is 5.82 Å². The Morgan fingerprint density at radius 1 is 0.905 bits per heavy atom. The number of fused-ring (bicyclic) bond motifs is 2. The Balaban J connectivity index is 2.57. The minimum Gasteiger partial charge on any atom is -0.496 e. The first kappa shape index (κ1) is 13.7. The molecule has 0 heterocycles. The Morgan fingerprint density at radius 3 is 2.33 bits per heavy atom. The summed E-state index contributed by atoms with van der Waals surface area (Å²) in [4.78, 5) is 0. The third-order valence-corrected chi connectivity index (χ3v) is 3.98. The van der Waals surface area contributed by atoms with E-state index in [4.69, 9.17) is 9.47 Å². The second kappa shape index (κ2) is 4.92. The van der Waals surface area contributed by atoms with Crippen LogP contribution in [0.1, 0.15) is 11.1 Å². The fourth-order valence-corrected chi connectivity index (χ4v) is 3.03. The molecule has 0 amide bonds. The highest BCUT2D eigenvalue weighted by Gasteiger charge is 2.15. The molecule has 0 fully saturated rings. The van der Waals surface area contributed by atoms with Crippen LogP contribution in [0.4, 0.5) is 4.39 Å². The number of methoxy groups -OCH3 is 2. The van der Waals surface area contributed by atoms with Crippen molar-refractivity contribution in [1.29, 1.82) is 0 Å². The van der Waals surface area contributed by atoms with Crippen molar-refractivity contribution >= 4 is 21.5 Å². The molecule has 0 aliphatic heterocycles. The lowest BCUT2D eigenvalue weighted by Gasteiger charge is -2.16. The number of rotatable bonds is 2. The number of hydrogen-bond acceptors (Lipinski definition) is 2. The first-order valence-electron chi connectivity index (χ1n) is 6.81. The Kier molecular flexibility index (Phi) is 3.20. The van der Waals surface area contributed by atoms with Gasteiger partial charge in [0.15, 0.2) is 0 Å². The van der Waals surface area contributed by atoms with Crippen LogP contribution in [0.15, 0.2) is 30.3 Å². The van der Waals surface area contributed by atoms with Gasteiger partial charge in [-0.2, -0.15) is 0 Å². The lowest BCUT2D eigenvalue weighted by atomic mass is 9.95. The zero-order chi connectivity index (χ0) is 15.1. The van der Waals surface area contributed by atoms with E-state index in [1.807, 2.05) is 32.0 Å². The van der Waals surface area contributed by atoms with Gasteiger partial charge < -0.3 is 9.47 Å². The van der Waals surface area contributed by atoms with E-state index < -0.39 is 0 Å². The molecule has 0 aliphatic rings. The number of hydrogen-bond donors (Lipinski definition) is 0. The highest BCUT2D eigenvalue weighted by molar-refractivity contribution is 6.07. The zero-order valence-corrected chi connectivity index (χ0v) is 12.6. The quantitative estimate of drug-likeness (QED) is 0.631. The molecular weight excluding hydrogens is 267 g/mol. The topological polar surface area (TPSA) is 18.5 Å². The van der Waals surface area contributed by atoms with Crippen LogP contribution in [0.3, 0.4) is 0 Å². The van der Waals surface area contributed by atoms with Gasteiger partial charge in [0.05, 0.1) is 14.2 Å². The average molecular weight is 284 g/mol. The van der Waals surface area contributed by atoms with Gasteiger partial charge in [-0.25, -0.2) is 4.39 Å². The van der Waals surface area contributed by atoms with E-state index in [2.05, 4.69) is 0 Å². The van der Waals surface area contributed by atoms with E-state index >= 15 is 0 Å². The van der Waals surface area contributed by atoms with Crippen LogP contribution in [-0.4, -0.2) is 14.2 Å². The van der Waals surface area contributed by atoms with Crippen LogP contribution in [-0.2, 0) is 0 Å². The number of aryl methyl sites for hydroxylation is 2. The zero-order valence-electron chi connectivity index (χ0n) is 12.6. The van der Waals surface area contributed by atoms with Crippen molar-refractivity contribution in [3.05, 3.63) is 47.3 Å². The number of benzene rings is 3. The summed E-state index contributed by atoms with van der Waals surface area (Å²) in [7, 11) is 3.31. The van der Waals surface area contributed by atoms with Gasteiger partial charge in [-0.3, -0.25) is 0 Å². The molecule has 0 spiro atoms. The van der Waals surface area contributed by atoms with Crippen LogP contribution < -0.4 is 9.47 Å². The molecule has 0 atom stereocenters. The fraction of sp³-hybridized carbons (Fsp3) is 0.222. The van der Waals surface area contributed by atoms with Crippen molar-refractivity contribution in [2.45, 2.75) is 13.8 Å². The Morgan fingerprint density at radius 2 is 1.67 bits per heavy atom. The third kappa shape index (κ3) is 2.00. The molecule has 0 bridgehead atoms. The van der Waals surface area contributed by atoms with Crippen LogP contribution in [0.25, 0.3) is 21.5 Å². The Labute approximate surface area is 123 Å². The smallest absolute Gasteiger partial charge is 0.129 e. The van der Waals surface area contributed by atoms with Crippen molar-refractivity contribution < 1.29 is 13.9 Å². The van der Waals surface area contributed by atoms with E-state index in [1.165, 1.54) is 6.07 Å². The maximum Gasteiger partial charge on any atom is 0.129 e. The first-order chi connectivity index (χ1) is 10.1. The largest absolute Gasteiger partial charge is 0.496 e. The van der Waals surface area contributed by atoms with Crippen LogP contribution in [0.2, 0.25) is 0 Å². The van der Waals surface area contributed by atoms with Gasteiger partial charge in [-0.1, -0.05) is 6.07 Å². The molecule has 0 saturated heterocycles. The molecule has 2 nitrogen and oxygen atoms in total. The molecule has 0 saturated carbocycles. The van der Waals surface area contributed by atoms with Gasteiger partial charge in [0.2, 0.25) is 0 Å². The monoisotopic (exact) mass is 284 g/mol. The van der Waals surface area contributed by atoms with Crippen LogP contribution in [0, 0.1) is 19.7 Å². The van der Waals surface area contributed by atoms with Gasteiger partial charge in [0, 0.05) is 10.8 Å². The van der Waals surface area contributed by atoms with Crippen LogP contribution >= 0.6 is 0 Å². The van der Waals surface area contributed by atoms with Crippen molar-refractivity contribution in [1.82, 2.24) is 0 Å². The third-order valence-electron chi connectivity index (χ3n) is 3.98. The first-order valence-corrected chi connectivity index (χ1v) is 6.81. The lowest BCUT2D eigenvalue weighted by molar-refractivity contribution is 0.408. The molecule has 3 aromatic rings. The predicted octanol–water partition coefficient (Wildman–Crippen LogP) is 4.77. The molecule has 0 aliphatic carbocycles. The minimum atomic E-state index is -0.236. The molecule has 108 valence electrons. The standard InChI is InChI=1S/C18H17FO2/c1-10-7-16(20-3)17-11(2)14-6-5-13(19)8-12(14)9-15(17)18(10)21-4/h5-9H,1-4H3. The van der Waals surface area contributed by atoms with E-state index in [0.717, 1.165) is 44.2 Å². The molecule has 0 aromatic heterocycles. The lowest BCUT2D eigenvalue weighted by Crippen LogP contribution is -1.95. The van der Waals surface area contributed by atoms with Crippen molar-refractivity contribution in [2.24, 2.45) is 0 Å². The van der Waals surface area contributed by atoms with Gasteiger partial charge in [-0.05, 0) is 60.0 Å². The highest BCUT2D eigenvalue weighted by atomic mass is 19.1. The summed E-state index contributed by atoms with van der Waals surface area (Å²) >= 11 is 0. The van der Waals surface area contributed by atoms with Gasteiger partial charge in [-0.15, -0.1) is 0 Å². The maximum atomic E-state index is 13.5. The van der Waals surface area contributed by atoms with E-state index in [0.29, 0.717) is 0 Å². The summed E-state index contributed by atoms with van der Waals surface area (Å²) in [5, 5.41) is 3.85. The van der Waals surface area contributed by atoms with Gasteiger partial charge in [0.25, 0.3) is 0 Å². The second-order valence-corrected chi connectivity index (χ2v) is 5.22. The summed E-state index contributed by atoms with van der Waals surface area (Å²) in [6.45, 7) is 4.01. The minimum absolute atomic E-state index is 0.236. The van der Waals surface area contributed by atoms with Gasteiger partial charge >= 0.3 is 0 Å². The molecule has 3 rings (SSSR count). The average Bonchev–Trinajstić information content (AvgIpc) is 2.46. The van der Waals surface area contributed by atoms with E-state index in [9.17, 15) is 4.39 Å². The van der Waals surface area contributed by atoms with Crippen LogP contribution in [0.5, 0.6) is 11.5 Å². The fourth-order valence-electron chi connectivity index (χ4n) is 3.03. The summed E-state index contributed by atoms with van der Waals surface area (Å²) < 4.78 is 24.6. The van der Waals surface area contributed by atoms with E-state index in [1.54, 1.807) is 20.3 Å². The normalized spacial score (nSPS) is 11.1. The second-order valence-electron chi connectivity index (χ2n) is 5.22.